The molecule has 1 rings (SSSR count). The van der Waals surface area contributed by atoms with Crippen molar-refractivity contribution in [3.63, 3.8) is 0 Å². The predicted octanol–water partition coefficient (Wildman–Crippen LogP) is 2.22. The maximum absolute atomic E-state index is 12.2. The van der Waals surface area contributed by atoms with Crippen molar-refractivity contribution in [3.8, 4) is 17.6 Å². The Kier molecular flexibility index (Phi) is 7.09. The third kappa shape index (κ3) is 4.70. The Labute approximate surface area is 149 Å². The number of aromatic hydroxyl groups is 1. The van der Waals surface area contributed by atoms with Gasteiger partial charge in [-0.05, 0) is 31.6 Å². The molecule has 0 radical (unpaired) electrons. The van der Waals surface area contributed by atoms with Crippen LogP contribution >= 0.6 is 0 Å². The van der Waals surface area contributed by atoms with E-state index in [9.17, 15) is 30.1 Å². The van der Waals surface area contributed by atoms with Gasteiger partial charge in [0, 0.05) is 19.2 Å². The van der Waals surface area contributed by atoms with Crippen LogP contribution in [0, 0.1) is 21.4 Å². The second-order valence-corrected chi connectivity index (χ2v) is 4.85. The lowest BCUT2D eigenvalue weighted by Gasteiger charge is -2.17. The number of ether oxygens (including phenoxy) is 2. The highest BCUT2D eigenvalue weighted by Gasteiger charge is 2.24. The number of carbonyl (C=O) groups excluding carboxylic acids is 2. The summed E-state index contributed by atoms with van der Waals surface area (Å²) in [5.74, 6) is -1.97. The summed E-state index contributed by atoms with van der Waals surface area (Å²) in [6.45, 7) is 4.25. The zero-order valence-electron chi connectivity index (χ0n) is 14.4. The molecular formula is C16H17N3O7. The van der Waals surface area contributed by atoms with E-state index < -0.39 is 34.2 Å². The molecule has 10 heteroatoms. The first-order chi connectivity index (χ1) is 12.3. The Morgan fingerprint density at radius 1 is 1.38 bits per heavy atom. The monoisotopic (exact) mass is 363 g/mol. The second-order valence-electron chi connectivity index (χ2n) is 4.85. The minimum atomic E-state index is -1.25. The number of phenols is 1. The number of methoxy groups -OCH3 is 1. The fraction of sp³-hybridized carbons (Fsp3) is 0.312. The maximum Gasteiger partial charge on any atom is 0.513 e. The lowest BCUT2D eigenvalue weighted by molar-refractivity contribution is -0.385. The van der Waals surface area contributed by atoms with Gasteiger partial charge < -0.3 is 19.5 Å². The van der Waals surface area contributed by atoms with Gasteiger partial charge in [-0.15, -0.1) is 0 Å². The number of nitro benzene ring substituents is 1. The summed E-state index contributed by atoms with van der Waals surface area (Å²) in [5, 5.41) is 30.3. The standard InChI is InChI=1S/C16H17N3O7/c1-4-18(5-2)15(21)11(9-17)6-10-7-12(19(23)24)14(13(20)8-10)26-16(22)25-3/h6-8,20H,4-5H2,1-3H3/b11-6+. The van der Waals surface area contributed by atoms with E-state index in [0.29, 0.717) is 13.1 Å². The van der Waals surface area contributed by atoms with Gasteiger partial charge in [0.1, 0.15) is 11.6 Å². The number of rotatable bonds is 6. The van der Waals surface area contributed by atoms with Crippen LogP contribution in [0.25, 0.3) is 6.08 Å². The minimum Gasteiger partial charge on any atom is -0.504 e. The number of nitro groups is 1. The first-order valence-electron chi connectivity index (χ1n) is 7.47. The van der Waals surface area contributed by atoms with Gasteiger partial charge in [-0.2, -0.15) is 5.26 Å². The van der Waals surface area contributed by atoms with Gasteiger partial charge in [-0.3, -0.25) is 14.9 Å². The zero-order valence-corrected chi connectivity index (χ0v) is 14.4. The number of benzene rings is 1. The number of likely N-dealkylation sites (N-methyl/N-ethyl adjacent to an activating group) is 1. The highest BCUT2D eigenvalue weighted by Crippen LogP contribution is 2.38. The van der Waals surface area contributed by atoms with Gasteiger partial charge in [-0.25, -0.2) is 4.79 Å². The molecule has 0 aliphatic rings. The Bertz CT molecular complexity index is 792. The smallest absolute Gasteiger partial charge is 0.504 e. The highest BCUT2D eigenvalue weighted by molar-refractivity contribution is 6.01. The van der Waals surface area contributed by atoms with Gasteiger partial charge in [-0.1, -0.05) is 0 Å². The van der Waals surface area contributed by atoms with E-state index in [1.165, 1.54) is 4.90 Å². The molecular weight excluding hydrogens is 346 g/mol. The number of nitriles is 1. The topological polar surface area (TPSA) is 143 Å². The van der Waals surface area contributed by atoms with E-state index in [1.54, 1.807) is 19.9 Å². The lowest BCUT2D eigenvalue weighted by atomic mass is 10.1. The van der Waals surface area contributed by atoms with Crippen LogP contribution in [0.2, 0.25) is 0 Å². The molecule has 0 saturated carbocycles. The second kappa shape index (κ2) is 9.03. The summed E-state index contributed by atoms with van der Waals surface area (Å²) >= 11 is 0. The SMILES string of the molecule is CCN(CC)C(=O)/C(C#N)=C/c1cc(O)c(OC(=O)OC)c([N+](=O)[O-])c1. The average molecular weight is 363 g/mol. The van der Waals surface area contributed by atoms with E-state index in [0.717, 1.165) is 25.3 Å². The molecule has 1 amide bonds. The number of phenolic OH excluding ortho intramolecular Hbond substituents is 1. The van der Waals surface area contributed by atoms with Crippen molar-refractivity contribution >= 4 is 23.8 Å². The van der Waals surface area contributed by atoms with Crippen molar-refractivity contribution in [1.82, 2.24) is 4.90 Å². The van der Waals surface area contributed by atoms with E-state index in [2.05, 4.69) is 9.47 Å². The van der Waals surface area contributed by atoms with Crippen molar-refractivity contribution in [1.29, 1.82) is 5.26 Å². The molecule has 138 valence electrons. The molecule has 10 nitrogen and oxygen atoms in total. The summed E-state index contributed by atoms with van der Waals surface area (Å²) in [4.78, 5) is 35.1. The highest BCUT2D eigenvalue weighted by atomic mass is 16.7. The molecule has 0 aliphatic heterocycles. The van der Waals surface area contributed by atoms with Gasteiger partial charge in [0.05, 0.1) is 12.0 Å². The quantitative estimate of drug-likeness (QED) is 0.202. The number of hydrogen-bond donors (Lipinski definition) is 1. The lowest BCUT2D eigenvalue weighted by Crippen LogP contribution is -2.31. The van der Waals surface area contributed by atoms with E-state index in [1.807, 2.05) is 0 Å². The molecule has 0 bridgehead atoms. The van der Waals surface area contributed by atoms with E-state index in [4.69, 9.17) is 0 Å². The van der Waals surface area contributed by atoms with Crippen LogP contribution in [0.1, 0.15) is 19.4 Å². The first kappa shape index (κ1) is 20.4. The molecule has 1 N–H and O–H groups in total. The maximum atomic E-state index is 12.2. The number of hydrogen-bond acceptors (Lipinski definition) is 8. The van der Waals surface area contributed by atoms with Crippen LogP contribution in [-0.4, -0.2) is 47.2 Å². The van der Waals surface area contributed by atoms with E-state index in [-0.39, 0.29) is 11.1 Å². The molecule has 0 atom stereocenters. The van der Waals surface area contributed by atoms with Crippen molar-refractivity contribution in [2.24, 2.45) is 0 Å². The van der Waals surface area contributed by atoms with Crippen molar-refractivity contribution in [3.05, 3.63) is 33.4 Å². The number of amides is 1. The van der Waals surface area contributed by atoms with Crippen LogP contribution in [0.5, 0.6) is 11.5 Å². The molecule has 0 heterocycles. The summed E-state index contributed by atoms with van der Waals surface area (Å²) in [6.07, 6.45) is -0.143. The number of nitrogens with zero attached hydrogens (tertiary/aromatic N) is 3. The summed E-state index contributed by atoms with van der Waals surface area (Å²) in [7, 11) is 1.00. The summed E-state index contributed by atoms with van der Waals surface area (Å²) < 4.78 is 8.82. The van der Waals surface area contributed by atoms with Gasteiger partial charge in [0.2, 0.25) is 0 Å². The van der Waals surface area contributed by atoms with Crippen molar-refractivity contribution < 1.29 is 29.1 Å². The zero-order chi connectivity index (χ0) is 19.9. The largest absolute Gasteiger partial charge is 0.513 e. The predicted molar refractivity (Wildman–Crippen MR) is 89.3 cm³/mol. The van der Waals surface area contributed by atoms with E-state index >= 15 is 0 Å². The molecule has 0 aliphatic carbocycles. The molecule has 0 spiro atoms. The summed E-state index contributed by atoms with van der Waals surface area (Å²) in [6, 6.07) is 3.73. The first-order valence-corrected chi connectivity index (χ1v) is 7.47. The van der Waals surface area contributed by atoms with Crippen LogP contribution in [0.3, 0.4) is 0 Å². The third-order valence-corrected chi connectivity index (χ3v) is 3.33. The van der Waals surface area contributed by atoms with Crippen LogP contribution in [-0.2, 0) is 9.53 Å². The fourth-order valence-electron chi connectivity index (χ4n) is 2.06. The fourth-order valence-corrected chi connectivity index (χ4v) is 2.06. The molecule has 0 saturated heterocycles. The Morgan fingerprint density at radius 2 is 2.00 bits per heavy atom. The third-order valence-electron chi connectivity index (χ3n) is 3.33. The van der Waals surface area contributed by atoms with Gasteiger partial charge in [0.25, 0.3) is 11.7 Å². The Morgan fingerprint density at radius 3 is 2.46 bits per heavy atom. The van der Waals surface area contributed by atoms with Gasteiger partial charge in [0.15, 0.2) is 5.75 Å². The Balaban J connectivity index is 3.41. The normalized spacial score (nSPS) is 10.6. The molecule has 0 unspecified atom stereocenters. The Hall–Kier alpha value is -3.61. The van der Waals surface area contributed by atoms with Crippen LogP contribution in [0.4, 0.5) is 10.5 Å². The van der Waals surface area contributed by atoms with Crippen LogP contribution in [0.15, 0.2) is 17.7 Å². The van der Waals surface area contributed by atoms with Gasteiger partial charge >= 0.3 is 11.8 Å². The number of carbonyl (C=O) groups is 2. The average Bonchev–Trinajstić information content (AvgIpc) is 2.61. The molecule has 1 aromatic rings. The van der Waals surface area contributed by atoms with Crippen molar-refractivity contribution in [2.45, 2.75) is 13.8 Å². The molecule has 1 aromatic carbocycles. The summed E-state index contributed by atoms with van der Waals surface area (Å²) in [5.41, 5.74) is -0.971. The minimum absolute atomic E-state index is 0.0171. The molecule has 26 heavy (non-hydrogen) atoms. The molecule has 0 fully saturated rings. The molecule has 0 aromatic heterocycles. The van der Waals surface area contributed by atoms with Crippen molar-refractivity contribution in [2.75, 3.05) is 20.2 Å². The van der Waals surface area contributed by atoms with Crippen LogP contribution < -0.4 is 4.74 Å².